The molecule has 0 spiro atoms. The summed E-state index contributed by atoms with van der Waals surface area (Å²) in [6.45, 7) is 0. The fourth-order valence-electron chi connectivity index (χ4n) is 1.15. The average molecular weight is 244 g/mol. The monoisotopic (exact) mass is 243 g/mol. The van der Waals surface area contributed by atoms with Crippen molar-refractivity contribution in [3.8, 4) is 5.75 Å². The molecule has 0 bridgehead atoms. The fourth-order valence-corrected chi connectivity index (χ4v) is 1.22. The van der Waals surface area contributed by atoms with Crippen LogP contribution in [0.5, 0.6) is 5.75 Å². The number of carbonyl (C=O) groups excluding carboxylic acids is 1. The summed E-state index contributed by atoms with van der Waals surface area (Å²) in [5.41, 5.74) is 0.638. The van der Waals surface area contributed by atoms with E-state index in [0.717, 1.165) is 0 Å². The van der Waals surface area contributed by atoms with E-state index in [1.807, 2.05) is 0 Å². The van der Waals surface area contributed by atoms with E-state index in [1.54, 1.807) is 0 Å². The Morgan fingerprint density at radius 2 is 2.06 bits per heavy atom. The van der Waals surface area contributed by atoms with Crippen LogP contribution >= 0.6 is 11.6 Å². The number of halogens is 1. The standard InChI is InChI=1S/C10H10ClNO4/c11-5-9(14)12-7-3-6(4-10(15)16)1-2-8(7)13/h1-3,13H,4-5H2,(H,12,14)(H,15,16). The first-order valence-corrected chi connectivity index (χ1v) is 4.96. The molecule has 3 N–H and O–H groups in total. The smallest absolute Gasteiger partial charge is 0.307 e. The van der Waals surface area contributed by atoms with E-state index in [9.17, 15) is 14.7 Å². The van der Waals surface area contributed by atoms with Crippen LogP contribution in [0.25, 0.3) is 0 Å². The highest BCUT2D eigenvalue weighted by Crippen LogP contribution is 2.24. The molecule has 0 aliphatic heterocycles. The topological polar surface area (TPSA) is 86.6 Å². The Hall–Kier alpha value is -1.75. The Bertz CT molecular complexity index is 419. The molecule has 0 heterocycles. The highest BCUT2D eigenvalue weighted by atomic mass is 35.5. The number of phenols is 1. The Balaban J connectivity index is 2.90. The van der Waals surface area contributed by atoms with Gasteiger partial charge in [0.25, 0.3) is 0 Å². The van der Waals surface area contributed by atoms with E-state index in [4.69, 9.17) is 16.7 Å². The summed E-state index contributed by atoms with van der Waals surface area (Å²) < 4.78 is 0. The van der Waals surface area contributed by atoms with E-state index in [2.05, 4.69) is 5.32 Å². The van der Waals surface area contributed by atoms with Gasteiger partial charge in [0.2, 0.25) is 5.91 Å². The lowest BCUT2D eigenvalue weighted by Crippen LogP contribution is -2.13. The lowest BCUT2D eigenvalue weighted by Gasteiger charge is -2.07. The van der Waals surface area contributed by atoms with E-state index >= 15 is 0 Å². The molecule has 1 rings (SSSR count). The second kappa shape index (κ2) is 5.37. The lowest BCUT2D eigenvalue weighted by atomic mass is 10.1. The van der Waals surface area contributed by atoms with Crippen molar-refractivity contribution in [2.45, 2.75) is 6.42 Å². The summed E-state index contributed by atoms with van der Waals surface area (Å²) in [6, 6.07) is 4.19. The van der Waals surface area contributed by atoms with Gasteiger partial charge in [0.05, 0.1) is 12.1 Å². The van der Waals surface area contributed by atoms with Gasteiger partial charge >= 0.3 is 5.97 Å². The number of amides is 1. The van der Waals surface area contributed by atoms with Crippen LogP contribution in [0.4, 0.5) is 5.69 Å². The third kappa shape index (κ3) is 3.43. The zero-order valence-electron chi connectivity index (χ0n) is 8.24. The van der Waals surface area contributed by atoms with Gasteiger partial charge < -0.3 is 15.5 Å². The molecule has 0 saturated heterocycles. The zero-order chi connectivity index (χ0) is 12.1. The molecule has 0 aromatic heterocycles. The number of alkyl halides is 1. The van der Waals surface area contributed by atoms with Crippen LogP contribution < -0.4 is 5.32 Å². The molecule has 1 aromatic carbocycles. The van der Waals surface area contributed by atoms with Gasteiger partial charge in [-0.15, -0.1) is 11.6 Å². The zero-order valence-corrected chi connectivity index (χ0v) is 8.99. The first-order valence-electron chi connectivity index (χ1n) is 4.42. The fraction of sp³-hybridized carbons (Fsp3) is 0.200. The van der Waals surface area contributed by atoms with Crippen molar-refractivity contribution in [3.05, 3.63) is 23.8 Å². The molecular weight excluding hydrogens is 234 g/mol. The third-order valence-electron chi connectivity index (χ3n) is 1.81. The maximum atomic E-state index is 11.0. The van der Waals surface area contributed by atoms with E-state index < -0.39 is 11.9 Å². The van der Waals surface area contributed by atoms with Crippen LogP contribution in [0.1, 0.15) is 5.56 Å². The second-order valence-electron chi connectivity index (χ2n) is 3.10. The number of hydrogen-bond acceptors (Lipinski definition) is 3. The molecule has 0 saturated carbocycles. The van der Waals surface area contributed by atoms with Crippen molar-refractivity contribution in [1.82, 2.24) is 0 Å². The molecule has 0 aliphatic rings. The maximum absolute atomic E-state index is 11.0. The summed E-state index contributed by atoms with van der Waals surface area (Å²) in [5.74, 6) is -1.82. The number of rotatable bonds is 4. The number of anilines is 1. The summed E-state index contributed by atoms with van der Waals surface area (Å²) in [5, 5.41) is 20.4. The van der Waals surface area contributed by atoms with Crippen LogP contribution in [0.2, 0.25) is 0 Å². The number of phenolic OH excluding ortho intramolecular Hbond substituents is 1. The molecule has 0 radical (unpaired) electrons. The predicted octanol–water partition coefficient (Wildman–Crippen LogP) is 1.20. The molecule has 0 aliphatic carbocycles. The summed E-state index contributed by atoms with van der Waals surface area (Å²) in [4.78, 5) is 21.5. The number of carboxylic acids is 1. The van der Waals surface area contributed by atoms with Gasteiger partial charge in [0.1, 0.15) is 11.6 Å². The highest BCUT2D eigenvalue weighted by Gasteiger charge is 2.08. The molecule has 1 amide bonds. The van der Waals surface area contributed by atoms with Gasteiger partial charge in [-0.05, 0) is 17.7 Å². The first-order chi connectivity index (χ1) is 7.52. The molecule has 0 fully saturated rings. The minimum Gasteiger partial charge on any atom is -0.506 e. The number of aromatic hydroxyl groups is 1. The third-order valence-corrected chi connectivity index (χ3v) is 2.05. The van der Waals surface area contributed by atoms with E-state index in [1.165, 1.54) is 18.2 Å². The summed E-state index contributed by atoms with van der Waals surface area (Å²) in [7, 11) is 0. The molecule has 0 atom stereocenters. The highest BCUT2D eigenvalue weighted by molar-refractivity contribution is 6.29. The minimum atomic E-state index is -0.986. The van der Waals surface area contributed by atoms with Crippen LogP contribution in [-0.4, -0.2) is 28.0 Å². The van der Waals surface area contributed by atoms with Crippen molar-refractivity contribution in [1.29, 1.82) is 0 Å². The van der Waals surface area contributed by atoms with Crippen molar-refractivity contribution >= 4 is 29.2 Å². The average Bonchev–Trinajstić information content (AvgIpc) is 2.22. The quantitative estimate of drug-likeness (QED) is 0.548. The van der Waals surface area contributed by atoms with Gasteiger partial charge in [-0.2, -0.15) is 0 Å². The molecule has 0 unspecified atom stereocenters. The SMILES string of the molecule is O=C(O)Cc1ccc(O)c(NC(=O)CCl)c1. The summed E-state index contributed by atoms with van der Waals surface area (Å²) >= 11 is 5.29. The minimum absolute atomic E-state index is 0.132. The molecule has 1 aromatic rings. The van der Waals surface area contributed by atoms with Crippen molar-refractivity contribution in [3.63, 3.8) is 0 Å². The van der Waals surface area contributed by atoms with Crippen LogP contribution in [0, 0.1) is 0 Å². The number of carbonyl (C=O) groups is 2. The Kier molecular flexibility index (Phi) is 4.13. The van der Waals surface area contributed by atoms with Crippen molar-refractivity contribution in [2.75, 3.05) is 11.2 Å². The molecule has 5 nitrogen and oxygen atoms in total. The van der Waals surface area contributed by atoms with Gasteiger partial charge in [-0.1, -0.05) is 6.07 Å². The van der Waals surface area contributed by atoms with E-state index in [-0.39, 0.29) is 23.7 Å². The number of nitrogens with one attached hydrogen (secondary N) is 1. The second-order valence-corrected chi connectivity index (χ2v) is 3.37. The number of carboxylic acid groups (broad SMARTS) is 1. The van der Waals surface area contributed by atoms with Gasteiger partial charge in [-0.25, -0.2) is 0 Å². The Labute approximate surface area is 96.7 Å². The van der Waals surface area contributed by atoms with Crippen molar-refractivity contribution in [2.24, 2.45) is 0 Å². The summed E-state index contributed by atoms with van der Waals surface area (Å²) in [6.07, 6.45) is -0.177. The van der Waals surface area contributed by atoms with Crippen LogP contribution in [-0.2, 0) is 16.0 Å². The largest absolute Gasteiger partial charge is 0.506 e. The van der Waals surface area contributed by atoms with E-state index in [0.29, 0.717) is 5.56 Å². The Morgan fingerprint density at radius 3 is 2.62 bits per heavy atom. The molecular formula is C10H10ClNO4. The van der Waals surface area contributed by atoms with Gasteiger partial charge in [0, 0.05) is 0 Å². The van der Waals surface area contributed by atoms with Gasteiger partial charge in [0.15, 0.2) is 0 Å². The lowest BCUT2D eigenvalue weighted by molar-refractivity contribution is -0.136. The Morgan fingerprint density at radius 1 is 1.38 bits per heavy atom. The maximum Gasteiger partial charge on any atom is 0.307 e. The normalized spacial score (nSPS) is 9.81. The van der Waals surface area contributed by atoms with Crippen LogP contribution in [0.15, 0.2) is 18.2 Å². The first kappa shape index (κ1) is 12.3. The van der Waals surface area contributed by atoms with Crippen molar-refractivity contribution < 1.29 is 19.8 Å². The van der Waals surface area contributed by atoms with Crippen LogP contribution in [0.3, 0.4) is 0 Å². The number of hydrogen-bond donors (Lipinski definition) is 3. The molecule has 6 heteroatoms. The molecule has 86 valence electrons. The molecule has 16 heavy (non-hydrogen) atoms. The number of aliphatic carboxylic acids is 1. The number of benzene rings is 1. The predicted molar refractivity (Wildman–Crippen MR) is 58.8 cm³/mol. The van der Waals surface area contributed by atoms with Gasteiger partial charge in [-0.3, -0.25) is 9.59 Å².